The van der Waals surface area contributed by atoms with Crippen LogP contribution in [0.3, 0.4) is 0 Å². The monoisotopic (exact) mass is 338 g/mol. The van der Waals surface area contributed by atoms with Gasteiger partial charge in [-0.05, 0) is 34.8 Å². The van der Waals surface area contributed by atoms with E-state index < -0.39 is 0 Å². The van der Waals surface area contributed by atoms with Crippen LogP contribution in [0.5, 0.6) is 0 Å². The molecule has 0 aliphatic carbocycles. The zero-order valence-electron chi connectivity index (χ0n) is 7.76. The summed E-state index contributed by atoms with van der Waals surface area (Å²) in [4.78, 5) is 1.40. The molecule has 14 heavy (non-hydrogen) atoms. The Balaban J connectivity index is 2.08. The van der Waals surface area contributed by atoms with Gasteiger partial charge < -0.3 is 4.74 Å². The highest BCUT2D eigenvalue weighted by Gasteiger charge is 2.34. The molecule has 1 aliphatic heterocycles. The highest BCUT2D eigenvalue weighted by atomic mass is 79.9. The van der Waals surface area contributed by atoms with Crippen LogP contribution in [0.1, 0.15) is 17.7 Å². The van der Waals surface area contributed by atoms with Gasteiger partial charge in [0.15, 0.2) is 0 Å². The van der Waals surface area contributed by atoms with Crippen molar-refractivity contribution in [2.45, 2.75) is 24.9 Å². The van der Waals surface area contributed by atoms with Gasteiger partial charge in [0.1, 0.15) is 0 Å². The summed E-state index contributed by atoms with van der Waals surface area (Å²) in [5, 5.41) is 3.07. The lowest BCUT2D eigenvalue weighted by atomic mass is 9.98. The number of halogens is 2. The van der Waals surface area contributed by atoms with E-state index in [0.29, 0.717) is 0 Å². The van der Waals surface area contributed by atoms with Crippen LogP contribution in [-0.4, -0.2) is 17.5 Å². The van der Waals surface area contributed by atoms with E-state index in [2.05, 4.69) is 43.3 Å². The zero-order valence-corrected chi connectivity index (χ0v) is 11.8. The van der Waals surface area contributed by atoms with Crippen LogP contribution >= 0.6 is 43.2 Å². The molecule has 0 radical (unpaired) electrons. The number of rotatable bonds is 3. The first kappa shape index (κ1) is 11.1. The molecular formula is C10H12Br2OS. The van der Waals surface area contributed by atoms with E-state index in [1.54, 1.807) is 11.3 Å². The van der Waals surface area contributed by atoms with Crippen LogP contribution in [0.25, 0.3) is 0 Å². The van der Waals surface area contributed by atoms with Crippen molar-refractivity contribution in [3.8, 4) is 0 Å². The van der Waals surface area contributed by atoms with E-state index in [0.717, 1.165) is 18.4 Å². The molecule has 78 valence electrons. The fraction of sp³-hybridized carbons (Fsp3) is 0.600. The van der Waals surface area contributed by atoms with E-state index in [1.807, 2.05) is 0 Å². The molecular weight excluding hydrogens is 328 g/mol. The van der Waals surface area contributed by atoms with Crippen LogP contribution in [0.4, 0.5) is 0 Å². The fourth-order valence-corrected chi connectivity index (χ4v) is 4.03. The molecule has 1 aliphatic rings. The molecule has 4 heteroatoms. The summed E-state index contributed by atoms with van der Waals surface area (Å²) in [6, 6.07) is 2.19. The van der Waals surface area contributed by atoms with Gasteiger partial charge in [-0.25, -0.2) is 0 Å². The van der Waals surface area contributed by atoms with Gasteiger partial charge in [-0.2, -0.15) is 0 Å². The van der Waals surface area contributed by atoms with Gasteiger partial charge in [0.2, 0.25) is 0 Å². The lowest BCUT2D eigenvalue weighted by molar-refractivity contribution is 0.0266. The van der Waals surface area contributed by atoms with Crippen molar-refractivity contribution in [1.29, 1.82) is 0 Å². The van der Waals surface area contributed by atoms with Gasteiger partial charge in [-0.15, -0.1) is 11.3 Å². The quantitative estimate of drug-likeness (QED) is 0.756. The van der Waals surface area contributed by atoms with Crippen molar-refractivity contribution in [3.05, 3.63) is 20.8 Å². The number of hydrogen-bond donors (Lipinski definition) is 0. The van der Waals surface area contributed by atoms with Crippen molar-refractivity contribution in [3.63, 3.8) is 0 Å². The van der Waals surface area contributed by atoms with Crippen molar-refractivity contribution in [2.24, 2.45) is 0 Å². The molecule has 0 amide bonds. The lowest BCUT2D eigenvalue weighted by Crippen LogP contribution is -2.32. The molecule has 0 spiro atoms. The Bertz CT molecular complexity index is 305. The van der Waals surface area contributed by atoms with Crippen LogP contribution in [0, 0.1) is 0 Å². The Hall–Kier alpha value is 0.620. The first-order valence-electron chi connectivity index (χ1n) is 4.67. The normalized spacial score (nSPS) is 27.0. The van der Waals surface area contributed by atoms with Crippen LogP contribution in [0.15, 0.2) is 15.9 Å². The van der Waals surface area contributed by atoms with E-state index in [-0.39, 0.29) is 5.60 Å². The first-order chi connectivity index (χ1) is 6.74. The second-order valence-electron chi connectivity index (χ2n) is 3.68. The van der Waals surface area contributed by atoms with Crippen LogP contribution < -0.4 is 0 Å². The van der Waals surface area contributed by atoms with Gasteiger partial charge in [0.05, 0.1) is 5.60 Å². The predicted octanol–water partition coefficient (Wildman–Crippen LogP) is 4.00. The van der Waals surface area contributed by atoms with Gasteiger partial charge in [0.25, 0.3) is 0 Å². The SMILES string of the molecule is BrCC1(Cc2cc(Br)cs2)CCCO1. The molecule has 0 N–H and O–H groups in total. The molecule has 1 atom stereocenters. The maximum Gasteiger partial charge on any atom is 0.0827 e. The minimum absolute atomic E-state index is 0.0598. The zero-order chi connectivity index (χ0) is 10.0. The average molecular weight is 340 g/mol. The smallest absolute Gasteiger partial charge is 0.0827 e. The fourth-order valence-electron chi connectivity index (χ4n) is 1.81. The topological polar surface area (TPSA) is 9.23 Å². The summed E-state index contributed by atoms with van der Waals surface area (Å²) in [7, 11) is 0. The molecule has 0 saturated carbocycles. The minimum Gasteiger partial charge on any atom is -0.374 e. The summed E-state index contributed by atoms with van der Waals surface area (Å²) >= 11 is 8.85. The second kappa shape index (κ2) is 4.64. The molecule has 1 unspecified atom stereocenters. The van der Waals surface area contributed by atoms with Crippen molar-refractivity contribution >= 4 is 43.2 Å². The molecule has 0 bridgehead atoms. The van der Waals surface area contributed by atoms with Gasteiger partial charge in [0, 0.05) is 33.1 Å². The molecule has 2 rings (SSSR count). The van der Waals surface area contributed by atoms with E-state index in [4.69, 9.17) is 4.74 Å². The molecule has 1 aromatic rings. The third-order valence-electron chi connectivity index (χ3n) is 2.55. The standard InChI is InChI=1S/C10H12Br2OS/c11-7-10(2-1-3-13-10)5-9-4-8(12)6-14-9/h4,6H,1-3,5,7H2. The van der Waals surface area contributed by atoms with E-state index >= 15 is 0 Å². The summed E-state index contributed by atoms with van der Waals surface area (Å²) < 4.78 is 7.03. The highest BCUT2D eigenvalue weighted by Crippen LogP contribution is 2.33. The number of alkyl halides is 1. The summed E-state index contributed by atoms with van der Waals surface area (Å²) in [6.07, 6.45) is 3.40. The maximum atomic E-state index is 5.85. The summed E-state index contributed by atoms with van der Waals surface area (Å²) in [5.74, 6) is 0. The first-order valence-corrected chi connectivity index (χ1v) is 7.46. The van der Waals surface area contributed by atoms with E-state index in [9.17, 15) is 0 Å². The Kier molecular flexibility index (Phi) is 3.68. The highest BCUT2D eigenvalue weighted by molar-refractivity contribution is 9.10. The van der Waals surface area contributed by atoms with E-state index in [1.165, 1.54) is 22.2 Å². The molecule has 1 saturated heterocycles. The maximum absolute atomic E-state index is 5.85. The van der Waals surface area contributed by atoms with Gasteiger partial charge >= 0.3 is 0 Å². The minimum atomic E-state index is 0.0598. The second-order valence-corrected chi connectivity index (χ2v) is 6.15. The third-order valence-corrected chi connectivity index (χ3v) is 5.27. The summed E-state index contributed by atoms with van der Waals surface area (Å²) in [5.41, 5.74) is 0.0598. The Morgan fingerprint density at radius 2 is 2.43 bits per heavy atom. The Morgan fingerprint density at radius 1 is 1.57 bits per heavy atom. The van der Waals surface area contributed by atoms with Crippen molar-refractivity contribution in [1.82, 2.24) is 0 Å². The largest absolute Gasteiger partial charge is 0.374 e. The van der Waals surface area contributed by atoms with Crippen LogP contribution in [-0.2, 0) is 11.2 Å². The lowest BCUT2D eigenvalue weighted by Gasteiger charge is -2.25. The predicted molar refractivity (Wildman–Crippen MR) is 67.4 cm³/mol. The van der Waals surface area contributed by atoms with Gasteiger partial charge in [-0.3, -0.25) is 0 Å². The van der Waals surface area contributed by atoms with Crippen molar-refractivity contribution < 1.29 is 4.74 Å². The van der Waals surface area contributed by atoms with Crippen LogP contribution in [0.2, 0.25) is 0 Å². The third kappa shape index (κ3) is 2.40. The molecule has 2 heterocycles. The molecule has 1 nitrogen and oxygen atoms in total. The average Bonchev–Trinajstić information content (AvgIpc) is 2.77. The van der Waals surface area contributed by atoms with Crippen molar-refractivity contribution in [2.75, 3.05) is 11.9 Å². The summed E-state index contributed by atoms with van der Waals surface area (Å²) in [6.45, 7) is 0.915. The number of hydrogen-bond acceptors (Lipinski definition) is 2. The molecule has 0 aromatic carbocycles. The Morgan fingerprint density at radius 3 is 2.93 bits per heavy atom. The number of ether oxygens (including phenoxy) is 1. The molecule has 1 fully saturated rings. The number of thiophene rings is 1. The Labute approximate surface area is 105 Å². The van der Waals surface area contributed by atoms with Gasteiger partial charge in [-0.1, -0.05) is 15.9 Å². The molecule has 1 aromatic heterocycles.